The van der Waals surface area contributed by atoms with Crippen molar-refractivity contribution >= 4 is 17.9 Å². The zero-order valence-electron chi connectivity index (χ0n) is 18.7. The maximum Gasteiger partial charge on any atom is 0.324 e. The first-order valence-corrected chi connectivity index (χ1v) is 11.2. The molecule has 0 aromatic carbocycles. The van der Waals surface area contributed by atoms with Crippen molar-refractivity contribution in [2.24, 2.45) is 34.5 Å². The molecular weight excluding hydrogens is 372 g/mol. The number of hydrogen-bond acceptors (Lipinski definition) is 6. The highest BCUT2D eigenvalue weighted by atomic mass is 16.6. The summed E-state index contributed by atoms with van der Waals surface area (Å²) in [6.45, 7) is 12.6. The van der Waals surface area contributed by atoms with Gasteiger partial charge in [0, 0.05) is 11.8 Å². The molecule has 0 spiro atoms. The van der Waals surface area contributed by atoms with Crippen LogP contribution in [-0.2, 0) is 28.6 Å². The number of carbonyl (C=O) groups excluding carboxylic acids is 3. The van der Waals surface area contributed by atoms with Crippen molar-refractivity contribution in [2.45, 2.75) is 85.9 Å². The topological polar surface area (TPSA) is 78.9 Å². The summed E-state index contributed by atoms with van der Waals surface area (Å²) < 4.78 is 17.0. The van der Waals surface area contributed by atoms with Gasteiger partial charge >= 0.3 is 17.9 Å². The van der Waals surface area contributed by atoms with Gasteiger partial charge in [-0.3, -0.25) is 14.4 Å². The van der Waals surface area contributed by atoms with Gasteiger partial charge in [-0.05, 0) is 44.4 Å². The minimum absolute atomic E-state index is 0.0328. The normalized spacial score (nSPS) is 34.4. The molecule has 6 nitrogen and oxygen atoms in total. The number of esters is 3. The van der Waals surface area contributed by atoms with Gasteiger partial charge < -0.3 is 14.2 Å². The van der Waals surface area contributed by atoms with Gasteiger partial charge in [-0.15, -0.1) is 0 Å². The predicted molar refractivity (Wildman–Crippen MR) is 107 cm³/mol. The van der Waals surface area contributed by atoms with Crippen LogP contribution in [0.25, 0.3) is 0 Å². The third-order valence-electron chi connectivity index (χ3n) is 7.48. The first-order valence-electron chi connectivity index (χ1n) is 11.2. The monoisotopic (exact) mass is 408 g/mol. The Morgan fingerprint density at radius 3 is 2.55 bits per heavy atom. The summed E-state index contributed by atoms with van der Waals surface area (Å²) in [6, 6.07) is 0. The van der Waals surface area contributed by atoms with Crippen LogP contribution in [0.3, 0.4) is 0 Å². The Balaban J connectivity index is 1.73. The Hall–Kier alpha value is -1.59. The van der Waals surface area contributed by atoms with E-state index in [9.17, 15) is 14.4 Å². The Bertz CT molecular complexity index is 670. The van der Waals surface area contributed by atoms with E-state index in [-0.39, 0.29) is 23.7 Å². The van der Waals surface area contributed by atoms with E-state index in [0.29, 0.717) is 25.4 Å². The molecule has 6 atom stereocenters. The minimum atomic E-state index is -1.19. The van der Waals surface area contributed by atoms with Crippen molar-refractivity contribution in [1.29, 1.82) is 0 Å². The molecule has 2 saturated carbocycles. The molecule has 1 saturated heterocycles. The molecule has 0 N–H and O–H groups in total. The average Bonchev–Trinajstić information content (AvgIpc) is 3.23. The van der Waals surface area contributed by atoms with Gasteiger partial charge in [-0.25, -0.2) is 0 Å². The summed E-state index contributed by atoms with van der Waals surface area (Å²) in [5.74, 6) is -0.958. The number of fused-ring (bicyclic) bond motifs is 1. The van der Waals surface area contributed by atoms with E-state index in [1.165, 1.54) is 0 Å². The van der Waals surface area contributed by atoms with Gasteiger partial charge in [0.25, 0.3) is 0 Å². The summed E-state index contributed by atoms with van der Waals surface area (Å²) in [4.78, 5) is 38.6. The van der Waals surface area contributed by atoms with Gasteiger partial charge in [0.05, 0.1) is 12.0 Å². The lowest BCUT2D eigenvalue weighted by Crippen LogP contribution is -2.47. The zero-order valence-corrected chi connectivity index (χ0v) is 18.7. The molecule has 3 fully saturated rings. The van der Waals surface area contributed by atoms with Gasteiger partial charge in [-0.1, -0.05) is 41.0 Å². The summed E-state index contributed by atoms with van der Waals surface area (Å²) >= 11 is 0. The van der Waals surface area contributed by atoms with E-state index < -0.39 is 35.0 Å². The average molecular weight is 409 g/mol. The molecule has 6 heteroatoms. The Labute approximate surface area is 174 Å². The molecule has 1 aliphatic heterocycles. The van der Waals surface area contributed by atoms with Crippen LogP contribution < -0.4 is 0 Å². The summed E-state index contributed by atoms with van der Waals surface area (Å²) in [5.41, 5.74) is -1.78. The molecule has 0 radical (unpaired) electrons. The maximum absolute atomic E-state index is 13.2. The van der Waals surface area contributed by atoms with Crippen molar-refractivity contribution in [2.75, 3.05) is 6.61 Å². The van der Waals surface area contributed by atoms with Crippen molar-refractivity contribution in [3.8, 4) is 0 Å². The van der Waals surface area contributed by atoms with Gasteiger partial charge in [-0.2, -0.15) is 0 Å². The number of rotatable bonds is 9. The smallest absolute Gasteiger partial charge is 0.324 e. The molecule has 0 aromatic heterocycles. The van der Waals surface area contributed by atoms with Crippen molar-refractivity contribution in [1.82, 2.24) is 0 Å². The van der Waals surface area contributed by atoms with Crippen LogP contribution in [0.4, 0.5) is 0 Å². The minimum Gasteiger partial charge on any atom is -0.465 e. The van der Waals surface area contributed by atoms with Crippen LogP contribution in [-0.4, -0.2) is 36.7 Å². The van der Waals surface area contributed by atoms with Gasteiger partial charge in [0.15, 0.2) is 5.41 Å². The molecule has 6 unspecified atom stereocenters. The lowest BCUT2D eigenvalue weighted by molar-refractivity contribution is -0.174. The second-order valence-electron chi connectivity index (χ2n) is 10.2. The standard InChI is InChI=1S/C23H36O6/c1-7-8-9-27-20(25)23-12-15-10-16(23)18(29-21(23)26)17(15)28-19(24)22(6,14(4)5)11-13(2)3/h13-18H,7-12H2,1-6H3. The molecule has 3 rings (SSSR count). The summed E-state index contributed by atoms with van der Waals surface area (Å²) in [5, 5.41) is 0. The maximum atomic E-state index is 13.2. The number of unbranched alkanes of at least 4 members (excludes halogenated alkanes) is 1. The molecule has 1 heterocycles. The van der Waals surface area contributed by atoms with Crippen LogP contribution >= 0.6 is 0 Å². The number of ether oxygens (including phenoxy) is 3. The van der Waals surface area contributed by atoms with Crippen molar-refractivity contribution < 1.29 is 28.6 Å². The third-order valence-corrected chi connectivity index (χ3v) is 7.48. The van der Waals surface area contributed by atoms with E-state index in [2.05, 4.69) is 13.8 Å². The molecule has 2 aliphatic carbocycles. The SMILES string of the molecule is CCCCOC(=O)C12CC3CC1C(OC2=O)C3OC(=O)C(C)(CC(C)C)C(C)C. The van der Waals surface area contributed by atoms with Crippen LogP contribution in [0.5, 0.6) is 0 Å². The van der Waals surface area contributed by atoms with E-state index >= 15 is 0 Å². The van der Waals surface area contributed by atoms with E-state index in [0.717, 1.165) is 19.3 Å². The Morgan fingerprint density at radius 2 is 1.97 bits per heavy atom. The fourth-order valence-corrected chi connectivity index (χ4v) is 5.53. The highest BCUT2D eigenvalue weighted by Crippen LogP contribution is 2.63. The lowest BCUT2D eigenvalue weighted by atomic mass is 9.72. The second kappa shape index (κ2) is 7.92. The van der Waals surface area contributed by atoms with E-state index in [1.54, 1.807) is 0 Å². The van der Waals surface area contributed by atoms with E-state index in [1.807, 2.05) is 27.7 Å². The fraction of sp³-hybridized carbons (Fsp3) is 0.870. The largest absolute Gasteiger partial charge is 0.465 e. The number of carbonyl (C=O) groups is 3. The van der Waals surface area contributed by atoms with Crippen molar-refractivity contribution in [3.63, 3.8) is 0 Å². The van der Waals surface area contributed by atoms with E-state index in [4.69, 9.17) is 14.2 Å². The summed E-state index contributed by atoms with van der Waals surface area (Å²) in [6.07, 6.45) is 2.47. The molecule has 0 amide bonds. The Morgan fingerprint density at radius 1 is 1.28 bits per heavy atom. The van der Waals surface area contributed by atoms with Crippen LogP contribution in [0, 0.1) is 34.5 Å². The third kappa shape index (κ3) is 3.46. The molecule has 164 valence electrons. The fourth-order valence-electron chi connectivity index (χ4n) is 5.53. The quantitative estimate of drug-likeness (QED) is 0.249. The molecular formula is C23H36O6. The lowest BCUT2D eigenvalue weighted by Gasteiger charge is -2.36. The molecule has 3 aliphatic rings. The zero-order chi connectivity index (χ0) is 21.6. The van der Waals surface area contributed by atoms with Crippen LogP contribution in [0.15, 0.2) is 0 Å². The van der Waals surface area contributed by atoms with Crippen LogP contribution in [0.2, 0.25) is 0 Å². The highest BCUT2D eigenvalue weighted by molar-refractivity contribution is 6.03. The van der Waals surface area contributed by atoms with Crippen molar-refractivity contribution in [3.05, 3.63) is 0 Å². The van der Waals surface area contributed by atoms with Gasteiger partial charge in [0.2, 0.25) is 0 Å². The highest BCUT2D eigenvalue weighted by Gasteiger charge is 2.75. The summed E-state index contributed by atoms with van der Waals surface area (Å²) in [7, 11) is 0. The first-order chi connectivity index (χ1) is 13.6. The van der Waals surface area contributed by atoms with Gasteiger partial charge in [0.1, 0.15) is 12.2 Å². The Kier molecular flexibility index (Phi) is 6.03. The second-order valence-corrected chi connectivity index (χ2v) is 10.2. The molecule has 29 heavy (non-hydrogen) atoms. The molecule has 2 bridgehead atoms. The predicted octanol–water partition coefficient (Wildman–Crippen LogP) is 3.90. The number of hydrogen-bond donors (Lipinski definition) is 0. The first kappa shape index (κ1) is 22.1. The molecule has 0 aromatic rings. The van der Waals surface area contributed by atoms with Crippen LogP contribution in [0.1, 0.15) is 73.6 Å².